The Kier molecular flexibility index (Phi) is 8.06. The average molecular weight is 409 g/mol. The van der Waals surface area contributed by atoms with Crippen LogP contribution in [0.1, 0.15) is 51.2 Å². The number of ether oxygens (including phenoxy) is 1. The van der Waals surface area contributed by atoms with Gasteiger partial charge in [0.25, 0.3) is 0 Å². The van der Waals surface area contributed by atoms with E-state index >= 15 is 0 Å². The first-order valence-electron chi connectivity index (χ1n) is 11.2. The van der Waals surface area contributed by atoms with Crippen LogP contribution < -0.4 is 5.32 Å². The highest BCUT2D eigenvalue weighted by molar-refractivity contribution is 5.69. The van der Waals surface area contributed by atoms with Gasteiger partial charge in [0.1, 0.15) is 6.10 Å². The zero-order valence-corrected chi connectivity index (χ0v) is 18.6. The molecule has 30 heavy (non-hydrogen) atoms. The van der Waals surface area contributed by atoms with Crippen molar-refractivity contribution in [2.45, 2.75) is 64.8 Å². The molecule has 0 saturated carbocycles. The second-order valence-electron chi connectivity index (χ2n) is 9.00. The Morgan fingerprint density at radius 2 is 1.60 bits per heavy atom. The second-order valence-corrected chi connectivity index (χ2v) is 9.00. The van der Waals surface area contributed by atoms with E-state index in [1.807, 2.05) is 6.92 Å². The molecule has 2 unspecified atom stereocenters. The van der Waals surface area contributed by atoms with Gasteiger partial charge in [0.15, 0.2) is 0 Å². The van der Waals surface area contributed by atoms with Crippen molar-refractivity contribution < 1.29 is 9.53 Å². The molecule has 3 rings (SSSR count). The van der Waals surface area contributed by atoms with E-state index in [9.17, 15) is 4.79 Å². The minimum absolute atomic E-state index is 0.0815. The summed E-state index contributed by atoms with van der Waals surface area (Å²) in [6, 6.07) is 21.2. The Bertz CT molecular complexity index is 735. The summed E-state index contributed by atoms with van der Waals surface area (Å²) in [6.07, 6.45) is 2.18. The number of hydrogen-bond donors (Lipinski definition) is 1. The fourth-order valence-corrected chi connectivity index (χ4v) is 4.46. The van der Waals surface area contributed by atoms with Crippen LogP contribution in [0, 0.1) is 5.92 Å². The summed E-state index contributed by atoms with van der Waals surface area (Å²) in [6.45, 7) is 9.95. The van der Waals surface area contributed by atoms with Crippen LogP contribution in [-0.2, 0) is 22.6 Å². The van der Waals surface area contributed by atoms with Gasteiger partial charge in [-0.25, -0.2) is 0 Å². The Labute approximate surface area is 181 Å². The van der Waals surface area contributed by atoms with Crippen LogP contribution in [0.25, 0.3) is 0 Å². The number of carbonyl (C=O) groups excluding carboxylic acids is 1. The molecule has 2 aromatic rings. The molecular weight excluding hydrogens is 372 g/mol. The molecule has 0 aromatic heterocycles. The highest BCUT2D eigenvalue weighted by atomic mass is 16.5. The number of nitrogens with one attached hydrogen (secondary N) is 1. The van der Waals surface area contributed by atoms with Crippen molar-refractivity contribution in [2.75, 3.05) is 13.1 Å². The van der Waals surface area contributed by atoms with Crippen LogP contribution in [0.5, 0.6) is 0 Å². The van der Waals surface area contributed by atoms with Gasteiger partial charge in [-0.05, 0) is 44.4 Å². The number of esters is 1. The van der Waals surface area contributed by atoms with Crippen molar-refractivity contribution in [2.24, 2.45) is 5.92 Å². The molecule has 0 bridgehead atoms. The second kappa shape index (κ2) is 10.7. The Hall–Kier alpha value is -2.17. The molecule has 1 heterocycles. The van der Waals surface area contributed by atoms with E-state index in [-0.39, 0.29) is 17.6 Å². The summed E-state index contributed by atoms with van der Waals surface area (Å²) in [5, 5.41) is 3.56. The molecule has 1 saturated heterocycles. The van der Waals surface area contributed by atoms with E-state index in [2.05, 4.69) is 84.7 Å². The standard InChI is InChI=1S/C26H36N2O2/c1-4-11-24(29)30-25-23(16-17-27-26(25,2)3)20-28(18-21-12-7-5-8-13-21)19-22-14-9-6-10-15-22/h5-10,12-15,23,25,27H,4,11,16-20H2,1-3H3. The predicted octanol–water partition coefficient (Wildman–Crippen LogP) is 4.79. The van der Waals surface area contributed by atoms with E-state index in [1.165, 1.54) is 11.1 Å². The first kappa shape index (κ1) is 22.5. The van der Waals surface area contributed by atoms with Crippen LogP contribution in [0.2, 0.25) is 0 Å². The van der Waals surface area contributed by atoms with Crippen LogP contribution in [0.4, 0.5) is 0 Å². The first-order valence-corrected chi connectivity index (χ1v) is 11.2. The topological polar surface area (TPSA) is 41.6 Å². The highest BCUT2D eigenvalue weighted by Crippen LogP contribution is 2.30. The molecule has 2 atom stereocenters. The molecule has 0 radical (unpaired) electrons. The molecule has 0 spiro atoms. The number of benzene rings is 2. The Balaban J connectivity index is 1.78. The smallest absolute Gasteiger partial charge is 0.306 e. The fraction of sp³-hybridized carbons (Fsp3) is 0.500. The summed E-state index contributed by atoms with van der Waals surface area (Å²) >= 11 is 0. The molecule has 4 nitrogen and oxygen atoms in total. The highest BCUT2D eigenvalue weighted by Gasteiger charge is 2.42. The zero-order valence-electron chi connectivity index (χ0n) is 18.6. The van der Waals surface area contributed by atoms with Crippen molar-refractivity contribution in [3.63, 3.8) is 0 Å². The number of hydrogen-bond acceptors (Lipinski definition) is 4. The lowest BCUT2D eigenvalue weighted by molar-refractivity contribution is -0.160. The maximum Gasteiger partial charge on any atom is 0.306 e. The zero-order chi connectivity index (χ0) is 21.4. The van der Waals surface area contributed by atoms with Gasteiger partial charge in [-0.15, -0.1) is 0 Å². The van der Waals surface area contributed by atoms with Crippen molar-refractivity contribution in [1.82, 2.24) is 10.2 Å². The maximum absolute atomic E-state index is 12.3. The predicted molar refractivity (Wildman–Crippen MR) is 122 cm³/mol. The van der Waals surface area contributed by atoms with Crippen LogP contribution in [-0.4, -0.2) is 35.6 Å². The number of piperidine rings is 1. The van der Waals surface area contributed by atoms with E-state index in [1.54, 1.807) is 0 Å². The van der Waals surface area contributed by atoms with Gasteiger partial charge >= 0.3 is 5.97 Å². The molecule has 1 aliphatic rings. The minimum Gasteiger partial charge on any atom is -0.460 e. The van der Waals surface area contributed by atoms with E-state index in [0.29, 0.717) is 12.3 Å². The van der Waals surface area contributed by atoms with Crippen molar-refractivity contribution >= 4 is 5.97 Å². The SMILES string of the molecule is CCCC(=O)OC1C(CN(Cc2ccccc2)Cc2ccccc2)CCNC1(C)C. The largest absolute Gasteiger partial charge is 0.460 e. The fourth-order valence-electron chi connectivity index (χ4n) is 4.46. The van der Waals surface area contributed by atoms with Crippen molar-refractivity contribution in [1.29, 1.82) is 0 Å². The number of carbonyl (C=O) groups is 1. The summed E-state index contributed by atoms with van der Waals surface area (Å²) in [4.78, 5) is 14.8. The Morgan fingerprint density at radius 3 is 2.13 bits per heavy atom. The summed E-state index contributed by atoms with van der Waals surface area (Å²) in [5.41, 5.74) is 2.39. The van der Waals surface area contributed by atoms with Gasteiger partial charge in [-0.2, -0.15) is 0 Å². The number of nitrogens with zero attached hydrogens (tertiary/aromatic N) is 1. The van der Waals surface area contributed by atoms with Gasteiger partial charge in [-0.3, -0.25) is 9.69 Å². The molecule has 4 heteroatoms. The Morgan fingerprint density at radius 1 is 1.03 bits per heavy atom. The van der Waals surface area contributed by atoms with Crippen LogP contribution in [0.3, 0.4) is 0 Å². The molecular formula is C26H36N2O2. The van der Waals surface area contributed by atoms with E-state index < -0.39 is 0 Å². The molecule has 1 fully saturated rings. The minimum atomic E-state index is -0.225. The van der Waals surface area contributed by atoms with Crippen LogP contribution in [0.15, 0.2) is 60.7 Å². The third kappa shape index (κ3) is 6.41. The molecule has 1 N–H and O–H groups in total. The van der Waals surface area contributed by atoms with Gasteiger partial charge in [0.2, 0.25) is 0 Å². The third-order valence-corrected chi connectivity index (χ3v) is 5.94. The number of rotatable bonds is 9. The third-order valence-electron chi connectivity index (χ3n) is 5.94. The molecule has 1 aliphatic heterocycles. The van der Waals surface area contributed by atoms with Crippen molar-refractivity contribution in [3.05, 3.63) is 71.8 Å². The van der Waals surface area contributed by atoms with Gasteiger partial charge in [0, 0.05) is 32.0 Å². The lowest BCUT2D eigenvalue weighted by Gasteiger charge is -2.45. The summed E-state index contributed by atoms with van der Waals surface area (Å²) in [5.74, 6) is 0.219. The average Bonchev–Trinajstić information content (AvgIpc) is 2.72. The first-order chi connectivity index (χ1) is 14.5. The van der Waals surface area contributed by atoms with Gasteiger partial charge < -0.3 is 10.1 Å². The van der Waals surface area contributed by atoms with Gasteiger partial charge in [-0.1, -0.05) is 67.6 Å². The molecule has 2 aromatic carbocycles. The van der Waals surface area contributed by atoms with E-state index in [4.69, 9.17) is 4.74 Å². The van der Waals surface area contributed by atoms with Gasteiger partial charge in [0.05, 0.1) is 5.54 Å². The summed E-state index contributed by atoms with van der Waals surface area (Å²) in [7, 11) is 0. The lowest BCUT2D eigenvalue weighted by atomic mass is 9.80. The summed E-state index contributed by atoms with van der Waals surface area (Å²) < 4.78 is 6.03. The molecule has 162 valence electrons. The van der Waals surface area contributed by atoms with Crippen LogP contribution >= 0.6 is 0 Å². The normalized spacial score (nSPS) is 20.8. The van der Waals surface area contributed by atoms with Crippen molar-refractivity contribution in [3.8, 4) is 0 Å². The molecule has 0 amide bonds. The maximum atomic E-state index is 12.3. The lowest BCUT2D eigenvalue weighted by Crippen LogP contribution is -2.60. The quantitative estimate of drug-likeness (QED) is 0.606. The monoisotopic (exact) mass is 408 g/mol. The van der Waals surface area contributed by atoms with E-state index in [0.717, 1.165) is 39.0 Å². The molecule has 0 aliphatic carbocycles.